The van der Waals surface area contributed by atoms with Crippen LogP contribution in [0.15, 0.2) is 77.3 Å². The molecule has 1 heterocycles. The zero-order valence-electron chi connectivity index (χ0n) is 18.5. The van der Waals surface area contributed by atoms with Crippen molar-refractivity contribution >= 4 is 67.5 Å². The van der Waals surface area contributed by atoms with Crippen LogP contribution in [0.2, 0.25) is 5.02 Å². The van der Waals surface area contributed by atoms with Crippen LogP contribution in [0.25, 0.3) is 10.9 Å². The van der Waals surface area contributed by atoms with Crippen LogP contribution < -0.4 is 20.8 Å². The zero-order valence-corrected chi connectivity index (χ0v) is 20.8. The van der Waals surface area contributed by atoms with Crippen molar-refractivity contribution in [1.82, 2.24) is 4.68 Å². The Morgan fingerprint density at radius 1 is 0.943 bits per heavy atom. The van der Waals surface area contributed by atoms with Gasteiger partial charge < -0.3 is 15.4 Å². The third-order valence-corrected chi connectivity index (χ3v) is 5.70. The largest absolute Gasteiger partial charge is 0.492 e. The molecule has 3 amide bonds. The van der Waals surface area contributed by atoms with Gasteiger partial charge in [-0.3, -0.25) is 19.8 Å². The number of nitrogens with one attached hydrogen (secondary N) is 3. The van der Waals surface area contributed by atoms with Gasteiger partial charge >= 0.3 is 11.8 Å². The van der Waals surface area contributed by atoms with E-state index in [9.17, 15) is 14.4 Å². The van der Waals surface area contributed by atoms with Crippen LogP contribution in [0.1, 0.15) is 17.4 Å². The minimum atomic E-state index is -0.961. The number of fused-ring (bicyclic) bond motifs is 1. The lowest BCUT2D eigenvalue weighted by Crippen LogP contribution is -2.36. The van der Waals surface area contributed by atoms with Gasteiger partial charge in [-0.15, -0.1) is 0 Å². The van der Waals surface area contributed by atoms with Gasteiger partial charge in [0.05, 0.1) is 17.8 Å². The molecule has 0 fully saturated rings. The monoisotopic (exact) mass is 554 g/mol. The van der Waals surface area contributed by atoms with Crippen LogP contribution in [0.5, 0.6) is 5.75 Å². The molecule has 8 nitrogen and oxygen atoms in total. The summed E-state index contributed by atoms with van der Waals surface area (Å²) < 4.78 is 7.57. The normalized spacial score (nSPS) is 10.6. The first-order valence-corrected chi connectivity index (χ1v) is 11.7. The van der Waals surface area contributed by atoms with Gasteiger partial charge in [-0.2, -0.15) is 0 Å². The molecular weight excluding hydrogens is 536 g/mol. The van der Waals surface area contributed by atoms with E-state index in [4.69, 9.17) is 16.3 Å². The number of carbonyl (C=O) groups excluding carboxylic acids is 3. The Labute approximate surface area is 214 Å². The van der Waals surface area contributed by atoms with Crippen LogP contribution in [-0.2, 0) is 9.59 Å². The highest BCUT2D eigenvalue weighted by Gasteiger charge is 2.22. The minimum Gasteiger partial charge on any atom is -0.492 e. The maximum Gasteiger partial charge on any atom is 0.328 e. The average molecular weight is 556 g/mol. The van der Waals surface area contributed by atoms with Gasteiger partial charge in [-0.1, -0.05) is 39.7 Å². The summed E-state index contributed by atoms with van der Waals surface area (Å²) in [5.74, 6) is -1.92. The number of hydrogen-bond donors (Lipinski definition) is 3. The molecule has 0 atom stereocenters. The van der Waals surface area contributed by atoms with Crippen molar-refractivity contribution in [2.45, 2.75) is 6.92 Å². The van der Waals surface area contributed by atoms with E-state index in [0.29, 0.717) is 39.7 Å². The second kappa shape index (κ2) is 10.6. The molecule has 0 bridgehead atoms. The highest BCUT2D eigenvalue weighted by molar-refractivity contribution is 9.10. The van der Waals surface area contributed by atoms with Crippen LogP contribution in [0.4, 0.5) is 11.4 Å². The van der Waals surface area contributed by atoms with Crippen molar-refractivity contribution in [3.63, 3.8) is 0 Å². The van der Waals surface area contributed by atoms with Gasteiger partial charge in [-0.25, -0.2) is 4.68 Å². The first-order chi connectivity index (χ1) is 16.9. The fraction of sp³-hybridized carbons (Fsp3) is 0.0800. The predicted molar refractivity (Wildman–Crippen MR) is 140 cm³/mol. The molecule has 3 N–H and O–H groups in total. The maximum atomic E-state index is 13.1. The standard InChI is InChI=1S/C25H20BrClN4O4/c1-2-35-22-6-4-3-5-19(22)29-24(33)25(34)30-31-20-12-7-16(26)13-15(20)14-21(31)23(32)28-18-10-8-17(27)9-11-18/h3-14H,2H2,1H3,(H,28,32)(H,29,33)(H,30,34). The Balaban J connectivity index is 1.61. The Morgan fingerprint density at radius 2 is 1.69 bits per heavy atom. The third-order valence-electron chi connectivity index (χ3n) is 4.95. The van der Waals surface area contributed by atoms with Gasteiger partial charge in [0.15, 0.2) is 0 Å². The van der Waals surface area contributed by atoms with E-state index in [0.717, 1.165) is 4.47 Å². The van der Waals surface area contributed by atoms with Crippen LogP contribution >= 0.6 is 27.5 Å². The van der Waals surface area contributed by atoms with Crippen LogP contribution in [0.3, 0.4) is 0 Å². The SMILES string of the molecule is CCOc1ccccc1NC(=O)C(=O)Nn1c(C(=O)Nc2ccc(Cl)cc2)cc2cc(Br)ccc21. The Bertz CT molecular complexity index is 1420. The lowest BCUT2D eigenvalue weighted by molar-refractivity contribution is -0.133. The molecule has 0 aliphatic carbocycles. The molecule has 3 aromatic carbocycles. The molecule has 0 aliphatic rings. The summed E-state index contributed by atoms with van der Waals surface area (Å²) in [4.78, 5) is 38.6. The number of carbonyl (C=O) groups is 3. The summed E-state index contributed by atoms with van der Waals surface area (Å²) in [5, 5.41) is 6.53. The van der Waals surface area contributed by atoms with Crippen molar-refractivity contribution < 1.29 is 19.1 Å². The second-order valence-electron chi connectivity index (χ2n) is 7.35. The van der Waals surface area contributed by atoms with E-state index in [1.54, 1.807) is 72.8 Å². The Hall–Kier alpha value is -3.82. The predicted octanol–water partition coefficient (Wildman–Crippen LogP) is 5.42. The quantitative estimate of drug-likeness (QED) is 0.277. The molecule has 4 aromatic rings. The minimum absolute atomic E-state index is 0.129. The molecule has 10 heteroatoms. The Morgan fingerprint density at radius 3 is 2.43 bits per heavy atom. The summed E-state index contributed by atoms with van der Waals surface area (Å²) in [6.45, 7) is 2.22. The number of anilines is 2. The molecule has 0 radical (unpaired) electrons. The van der Waals surface area contributed by atoms with Crippen molar-refractivity contribution in [2.75, 3.05) is 22.7 Å². The summed E-state index contributed by atoms with van der Waals surface area (Å²) in [5.41, 5.74) is 4.07. The summed E-state index contributed by atoms with van der Waals surface area (Å²) in [7, 11) is 0. The van der Waals surface area contributed by atoms with Crippen molar-refractivity contribution in [2.24, 2.45) is 0 Å². The molecule has 4 rings (SSSR count). The van der Waals surface area contributed by atoms with Crippen molar-refractivity contribution in [1.29, 1.82) is 0 Å². The van der Waals surface area contributed by atoms with Crippen molar-refractivity contribution in [3.05, 3.63) is 88.0 Å². The number of halogens is 2. The fourth-order valence-electron chi connectivity index (χ4n) is 3.38. The average Bonchev–Trinajstić information content (AvgIpc) is 3.19. The van der Waals surface area contributed by atoms with Gasteiger partial charge in [0.25, 0.3) is 5.91 Å². The molecular formula is C25H20BrClN4O4. The molecule has 0 spiro atoms. The van der Waals surface area contributed by atoms with Gasteiger partial charge in [-0.05, 0) is 67.6 Å². The first kappa shape index (κ1) is 24.3. The lowest BCUT2D eigenvalue weighted by atomic mass is 10.2. The third kappa shape index (κ3) is 5.64. The molecule has 0 saturated carbocycles. The molecule has 0 saturated heterocycles. The highest BCUT2D eigenvalue weighted by Crippen LogP contribution is 2.25. The van der Waals surface area contributed by atoms with E-state index in [1.165, 1.54) is 4.68 Å². The number of amides is 3. The van der Waals surface area contributed by atoms with E-state index in [2.05, 4.69) is 32.0 Å². The van der Waals surface area contributed by atoms with Crippen molar-refractivity contribution in [3.8, 4) is 5.75 Å². The summed E-state index contributed by atoms with van der Waals surface area (Å²) >= 11 is 9.33. The fourth-order valence-corrected chi connectivity index (χ4v) is 3.89. The van der Waals surface area contributed by atoms with Crippen LogP contribution in [0, 0.1) is 0 Å². The number of rotatable bonds is 6. The van der Waals surface area contributed by atoms with E-state index < -0.39 is 17.7 Å². The lowest BCUT2D eigenvalue weighted by Gasteiger charge is -2.14. The number of nitrogens with zero attached hydrogens (tertiary/aromatic N) is 1. The van der Waals surface area contributed by atoms with Gasteiger partial charge in [0, 0.05) is 20.6 Å². The van der Waals surface area contributed by atoms with Gasteiger partial charge in [0.1, 0.15) is 11.4 Å². The Kier molecular flexibility index (Phi) is 7.38. The number of para-hydroxylation sites is 2. The highest BCUT2D eigenvalue weighted by atomic mass is 79.9. The summed E-state index contributed by atoms with van der Waals surface area (Å²) in [6.07, 6.45) is 0. The van der Waals surface area contributed by atoms with Crippen LogP contribution in [-0.4, -0.2) is 29.0 Å². The number of hydrogen-bond acceptors (Lipinski definition) is 4. The summed E-state index contributed by atoms with van der Waals surface area (Å²) in [6, 6.07) is 20.3. The first-order valence-electron chi connectivity index (χ1n) is 10.6. The smallest absolute Gasteiger partial charge is 0.328 e. The molecule has 35 heavy (non-hydrogen) atoms. The van der Waals surface area contributed by atoms with E-state index >= 15 is 0 Å². The topological polar surface area (TPSA) is 101 Å². The maximum absolute atomic E-state index is 13.1. The number of benzene rings is 3. The number of aromatic nitrogens is 1. The zero-order chi connectivity index (χ0) is 24.9. The molecule has 0 aliphatic heterocycles. The number of ether oxygens (including phenoxy) is 1. The molecule has 178 valence electrons. The van der Waals surface area contributed by atoms with E-state index in [1.807, 2.05) is 6.92 Å². The van der Waals surface area contributed by atoms with Gasteiger partial charge in [0.2, 0.25) is 0 Å². The second-order valence-corrected chi connectivity index (χ2v) is 8.71. The molecule has 0 unspecified atom stereocenters. The molecule has 1 aromatic heterocycles. The van der Waals surface area contributed by atoms with E-state index in [-0.39, 0.29) is 5.69 Å².